The summed E-state index contributed by atoms with van der Waals surface area (Å²) in [5, 5.41) is 4.18. The number of nitrogens with zero attached hydrogens (tertiary/aromatic N) is 4. The fraction of sp³-hybridized carbons (Fsp3) is 0.250. The first kappa shape index (κ1) is 14.2. The van der Waals surface area contributed by atoms with Crippen LogP contribution in [0.3, 0.4) is 0 Å². The van der Waals surface area contributed by atoms with E-state index in [0.29, 0.717) is 11.5 Å². The molecule has 0 saturated heterocycles. The molecule has 3 aromatic rings. The Morgan fingerprint density at radius 1 is 1.09 bits per heavy atom. The third kappa shape index (κ3) is 2.43. The maximum absolute atomic E-state index is 12.3. The number of rotatable bonds is 2. The van der Waals surface area contributed by atoms with E-state index >= 15 is 0 Å². The molecule has 0 aliphatic rings. The van der Waals surface area contributed by atoms with Gasteiger partial charge in [-0.2, -0.15) is 4.98 Å². The molecule has 0 bridgehead atoms. The number of fused-ring (bicyclic) bond motifs is 1. The van der Waals surface area contributed by atoms with Crippen LogP contribution >= 0.6 is 0 Å². The van der Waals surface area contributed by atoms with Gasteiger partial charge in [0.25, 0.3) is 11.6 Å². The number of esters is 1. The SMILES string of the molecule is Cc1cc(C)n2nc(C(=O)Oc3c(C)cccc3C)nc2n1. The van der Waals surface area contributed by atoms with Crippen LogP contribution in [0, 0.1) is 27.7 Å². The molecular formula is C16H16N4O2. The number of carbonyl (C=O) groups is 1. The maximum Gasteiger partial charge on any atom is 0.383 e. The van der Waals surface area contributed by atoms with Crippen molar-refractivity contribution in [3.05, 3.63) is 52.6 Å². The van der Waals surface area contributed by atoms with Gasteiger partial charge in [0.05, 0.1) is 0 Å². The normalized spacial score (nSPS) is 10.9. The van der Waals surface area contributed by atoms with E-state index in [9.17, 15) is 4.79 Å². The quantitative estimate of drug-likeness (QED) is 0.537. The lowest BCUT2D eigenvalue weighted by Crippen LogP contribution is -2.12. The van der Waals surface area contributed by atoms with Crippen molar-refractivity contribution in [2.45, 2.75) is 27.7 Å². The standard InChI is InChI=1S/C16H16N4O2/c1-9-6-5-7-10(2)13(9)22-15(21)14-18-16-17-11(3)8-12(4)20(16)19-14/h5-8H,1-4H3. The fourth-order valence-electron chi connectivity index (χ4n) is 2.35. The van der Waals surface area contributed by atoms with Crippen molar-refractivity contribution in [3.63, 3.8) is 0 Å². The molecule has 0 spiro atoms. The van der Waals surface area contributed by atoms with Crippen LogP contribution in [-0.2, 0) is 0 Å². The summed E-state index contributed by atoms with van der Waals surface area (Å²) >= 11 is 0. The highest BCUT2D eigenvalue weighted by atomic mass is 16.5. The summed E-state index contributed by atoms with van der Waals surface area (Å²) in [7, 11) is 0. The number of aryl methyl sites for hydroxylation is 4. The lowest BCUT2D eigenvalue weighted by molar-refractivity contribution is 0.0719. The van der Waals surface area contributed by atoms with Gasteiger partial charge in [0.2, 0.25) is 0 Å². The van der Waals surface area contributed by atoms with E-state index in [0.717, 1.165) is 22.5 Å². The van der Waals surface area contributed by atoms with E-state index < -0.39 is 5.97 Å². The second kappa shape index (κ2) is 5.22. The summed E-state index contributed by atoms with van der Waals surface area (Å²) in [5.74, 6) is 0.363. The Hall–Kier alpha value is -2.76. The second-order valence-corrected chi connectivity index (χ2v) is 5.30. The minimum atomic E-state index is -0.583. The maximum atomic E-state index is 12.3. The van der Waals surface area contributed by atoms with Gasteiger partial charge in [-0.25, -0.2) is 14.3 Å². The zero-order chi connectivity index (χ0) is 15.9. The fourth-order valence-corrected chi connectivity index (χ4v) is 2.35. The smallest absolute Gasteiger partial charge is 0.383 e. The van der Waals surface area contributed by atoms with Crippen molar-refractivity contribution in [2.75, 3.05) is 0 Å². The summed E-state index contributed by atoms with van der Waals surface area (Å²) in [5.41, 5.74) is 3.47. The predicted molar refractivity (Wildman–Crippen MR) is 81.1 cm³/mol. The number of carbonyl (C=O) groups excluding carboxylic acids is 1. The van der Waals surface area contributed by atoms with Gasteiger partial charge in [0, 0.05) is 11.4 Å². The van der Waals surface area contributed by atoms with Gasteiger partial charge in [0.1, 0.15) is 5.75 Å². The largest absolute Gasteiger partial charge is 0.420 e. The van der Waals surface area contributed by atoms with Gasteiger partial charge >= 0.3 is 5.97 Å². The topological polar surface area (TPSA) is 69.4 Å². The lowest BCUT2D eigenvalue weighted by atomic mass is 10.1. The van der Waals surface area contributed by atoms with Crippen LogP contribution in [0.25, 0.3) is 5.78 Å². The van der Waals surface area contributed by atoms with E-state index in [-0.39, 0.29) is 5.82 Å². The van der Waals surface area contributed by atoms with Crippen LogP contribution in [0.5, 0.6) is 5.75 Å². The van der Waals surface area contributed by atoms with Crippen LogP contribution in [-0.4, -0.2) is 25.6 Å². The number of para-hydroxylation sites is 1. The van der Waals surface area contributed by atoms with Gasteiger partial charge < -0.3 is 4.74 Å². The molecule has 0 aliphatic heterocycles. The summed E-state index contributed by atoms with van der Waals surface area (Å²) in [6, 6.07) is 7.58. The molecule has 22 heavy (non-hydrogen) atoms. The Balaban J connectivity index is 1.97. The minimum Gasteiger partial charge on any atom is -0.420 e. The molecule has 6 heteroatoms. The van der Waals surface area contributed by atoms with E-state index in [2.05, 4.69) is 15.1 Å². The van der Waals surface area contributed by atoms with Crippen LogP contribution in [0.1, 0.15) is 33.1 Å². The molecule has 0 unspecified atom stereocenters. The third-order valence-corrected chi connectivity index (χ3v) is 3.40. The molecule has 0 atom stereocenters. The minimum absolute atomic E-state index is 0.00357. The monoisotopic (exact) mass is 296 g/mol. The molecule has 0 amide bonds. The van der Waals surface area contributed by atoms with Crippen LogP contribution in [0.15, 0.2) is 24.3 Å². The average molecular weight is 296 g/mol. The van der Waals surface area contributed by atoms with E-state index in [1.807, 2.05) is 52.0 Å². The lowest BCUT2D eigenvalue weighted by Gasteiger charge is -2.08. The van der Waals surface area contributed by atoms with E-state index in [1.54, 1.807) is 0 Å². The molecule has 1 aromatic carbocycles. The van der Waals surface area contributed by atoms with Crippen molar-refractivity contribution >= 4 is 11.7 Å². The Labute approximate surface area is 127 Å². The zero-order valence-corrected chi connectivity index (χ0v) is 12.9. The molecule has 0 saturated carbocycles. The predicted octanol–water partition coefficient (Wildman–Crippen LogP) is 2.58. The van der Waals surface area contributed by atoms with Crippen molar-refractivity contribution in [1.82, 2.24) is 19.6 Å². The summed E-state index contributed by atoms with van der Waals surface area (Å²) in [6.07, 6.45) is 0. The number of aromatic nitrogens is 4. The molecule has 0 fully saturated rings. The highest BCUT2D eigenvalue weighted by Crippen LogP contribution is 2.23. The summed E-state index contributed by atoms with van der Waals surface area (Å²) in [4.78, 5) is 20.7. The Morgan fingerprint density at radius 2 is 1.77 bits per heavy atom. The van der Waals surface area contributed by atoms with Crippen LogP contribution in [0.2, 0.25) is 0 Å². The van der Waals surface area contributed by atoms with Gasteiger partial charge in [-0.05, 0) is 44.9 Å². The Kier molecular flexibility index (Phi) is 3.36. The molecule has 6 nitrogen and oxygen atoms in total. The first-order chi connectivity index (χ1) is 10.5. The van der Waals surface area contributed by atoms with Crippen molar-refractivity contribution in [1.29, 1.82) is 0 Å². The molecule has 0 aliphatic carbocycles. The molecule has 2 heterocycles. The molecule has 112 valence electrons. The number of hydrogen-bond acceptors (Lipinski definition) is 5. The Bertz CT molecular complexity index is 863. The second-order valence-electron chi connectivity index (χ2n) is 5.30. The number of ether oxygens (including phenoxy) is 1. The summed E-state index contributed by atoms with van der Waals surface area (Å²) in [6.45, 7) is 7.54. The first-order valence-corrected chi connectivity index (χ1v) is 6.95. The molecule has 0 radical (unpaired) electrons. The average Bonchev–Trinajstić information content (AvgIpc) is 2.87. The van der Waals surface area contributed by atoms with Gasteiger partial charge in [-0.1, -0.05) is 18.2 Å². The van der Waals surface area contributed by atoms with Gasteiger partial charge in [-0.15, -0.1) is 5.10 Å². The van der Waals surface area contributed by atoms with E-state index in [4.69, 9.17) is 4.74 Å². The zero-order valence-electron chi connectivity index (χ0n) is 12.9. The molecule has 3 rings (SSSR count). The number of hydrogen-bond donors (Lipinski definition) is 0. The molecule has 2 aromatic heterocycles. The highest BCUT2D eigenvalue weighted by Gasteiger charge is 2.18. The van der Waals surface area contributed by atoms with Gasteiger partial charge in [-0.3, -0.25) is 0 Å². The van der Waals surface area contributed by atoms with Crippen LogP contribution < -0.4 is 4.74 Å². The van der Waals surface area contributed by atoms with Crippen molar-refractivity contribution in [3.8, 4) is 5.75 Å². The van der Waals surface area contributed by atoms with E-state index in [1.165, 1.54) is 4.52 Å². The van der Waals surface area contributed by atoms with Crippen molar-refractivity contribution < 1.29 is 9.53 Å². The number of benzene rings is 1. The molecule has 0 N–H and O–H groups in total. The third-order valence-electron chi connectivity index (χ3n) is 3.40. The van der Waals surface area contributed by atoms with Gasteiger partial charge in [0.15, 0.2) is 0 Å². The highest BCUT2D eigenvalue weighted by molar-refractivity contribution is 5.87. The molecular weight excluding hydrogens is 280 g/mol. The first-order valence-electron chi connectivity index (χ1n) is 6.95. The Morgan fingerprint density at radius 3 is 2.45 bits per heavy atom. The summed E-state index contributed by atoms with van der Waals surface area (Å²) < 4.78 is 6.99. The van der Waals surface area contributed by atoms with Crippen LogP contribution in [0.4, 0.5) is 0 Å². The van der Waals surface area contributed by atoms with Crippen molar-refractivity contribution in [2.24, 2.45) is 0 Å².